The van der Waals surface area contributed by atoms with Crippen molar-refractivity contribution in [1.29, 1.82) is 0 Å². The first kappa shape index (κ1) is 14.5. The fourth-order valence-corrected chi connectivity index (χ4v) is 3.39. The van der Waals surface area contributed by atoms with Crippen LogP contribution in [0.2, 0.25) is 0 Å². The Kier molecular flexibility index (Phi) is 3.17. The molecule has 0 bridgehead atoms. The third-order valence-electron chi connectivity index (χ3n) is 3.39. The Morgan fingerprint density at radius 3 is 2.45 bits per heavy atom. The number of rotatable bonds is 3. The summed E-state index contributed by atoms with van der Waals surface area (Å²) in [6.45, 7) is 3.61. The lowest BCUT2D eigenvalue weighted by Gasteiger charge is -2.07. The molecule has 0 aliphatic rings. The van der Waals surface area contributed by atoms with Gasteiger partial charge in [0.1, 0.15) is 10.7 Å². The average molecular weight is 320 g/mol. The van der Waals surface area contributed by atoms with Crippen LogP contribution in [0.15, 0.2) is 23.2 Å². The number of nitrogens with zero attached hydrogens (tertiary/aromatic N) is 5. The van der Waals surface area contributed by atoms with E-state index in [2.05, 4.69) is 19.9 Å². The molecule has 0 radical (unpaired) electrons. The number of pyridine rings is 1. The van der Waals surface area contributed by atoms with Crippen molar-refractivity contribution in [3.05, 3.63) is 29.7 Å². The Morgan fingerprint density at radius 1 is 1.09 bits per heavy atom. The zero-order chi connectivity index (χ0) is 16.1. The SMILES string of the molecule is Cc1cc(NS(=O)(=O)c2cnc3c(c2)c(C)nn3C)n(C)n1. The molecule has 0 atom stereocenters. The molecule has 22 heavy (non-hydrogen) atoms. The van der Waals surface area contributed by atoms with Crippen LogP contribution in [0, 0.1) is 13.8 Å². The maximum Gasteiger partial charge on any atom is 0.264 e. The van der Waals surface area contributed by atoms with Gasteiger partial charge in [-0.15, -0.1) is 0 Å². The molecular formula is C13H16N6O2S. The molecule has 0 saturated carbocycles. The van der Waals surface area contributed by atoms with Crippen LogP contribution >= 0.6 is 0 Å². The molecule has 0 amide bonds. The van der Waals surface area contributed by atoms with Gasteiger partial charge in [-0.3, -0.25) is 14.1 Å². The predicted molar refractivity (Wildman–Crippen MR) is 82.0 cm³/mol. The molecule has 9 heteroatoms. The highest BCUT2D eigenvalue weighted by molar-refractivity contribution is 7.92. The van der Waals surface area contributed by atoms with E-state index in [1.165, 1.54) is 10.9 Å². The van der Waals surface area contributed by atoms with Gasteiger partial charge in [-0.2, -0.15) is 10.2 Å². The zero-order valence-electron chi connectivity index (χ0n) is 12.7. The summed E-state index contributed by atoms with van der Waals surface area (Å²) in [7, 11) is -0.283. The summed E-state index contributed by atoms with van der Waals surface area (Å²) in [5, 5.41) is 9.07. The number of anilines is 1. The van der Waals surface area contributed by atoms with Crippen LogP contribution in [0.3, 0.4) is 0 Å². The summed E-state index contributed by atoms with van der Waals surface area (Å²) in [6.07, 6.45) is 1.33. The van der Waals surface area contributed by atoms with Crippen molar-refractivity contribution in [2.45, 2.75) is 18.7 Å². The highest BCUT2D eigenvalue weighted by atomic mass is 32.2. The van der Waals surface area contributed by atoms with Gasteiger partial charge in [0.05, 0.1) is 11.4 Å². The number of fused-ring (bicyclic) bond motifs is 1. The Balaban J connectivity index is 2.05. The van der Waals surface area contributed by atoms with Gasteiger partial charge in [0.15, 0.2) is 5.65 Å². The lowest BCUT2D eigenvalue weighted by molar-refractivity contribution is 0.600. The molecule has 0 spiro atoms. The Morgan fingerprint density at radius 2 is 1.82 bits per heavy atom. The van der Waals surface area contributed by atoms with Crippen LogP contribution in [0.1, 0.15) is 11.4 Å². The number of hydrogen-bond acceptors (Lipinski definition) is 5. The topological polar surface area (TPSA) is 94.7 Å². The summed E-state index contributed by atoms with van der Waals surface area (Å²) in [5.74, 6) is 0.403. The van der Waals surface area contributed by atoms with Crippen LogP contribution in [0.25, 0.3) is 11.0 Å². The molecule has 3 rings (SSSR count). The van der Waals surface area contributed by atoms with Crippen molar-refractivity contribution in [2.75, 3.05) is 4.72 Å². The fourth-order valence-electron chi connectivity index (χ4n) is 2.34. The van der Waals surface area contributed by atoms with Crippen molar-refractivity contribution >= 4 is 26.9 Å². The number of aryl methyl sites for hydroxylation is 4. The van der Waals surface area contributed by atoms with Gasteiger partial charge in [0.25, 0.3) is 10.0 Å². The largest absolute Gasteiger partial charge is 0.264 e. The van der Waals surface area contributed by atoms with Gasteiger partial charge in [-0.1, -0.05) is 0 Å². The molecule has 3 aromatic rings. The smallest absolute Gasteiger partial charge is 0.264 e. The highest BCUT2D eigenvalue weighted by Crippen LogP contribution is 2.21. The van der Waals surface area contributed by atoms with E-state index < -0.39 is 10.0 Å². The van der Waals surface area contributed by atoms with Gasteiger partial charge in [0, 0.05) is 31.7 Å². The molecule has 3 heterocycles. The second-order valence-electron chi connectivity index (χ2n) is 5.15. The van der Waals surface area contributed by atoms with Gasteiger partial charge in [-0.25, -0.2) is 13.4 Å². The summed E-state index contributed by atoms with van der Waals surface area (Å²) >= 11 is 0. The normalized spacial score (nSPS) is 12.0. The minimum Gasteiger partial charge on any atom is -0.264 e. The second-order valence-corrected chi connectivity index (χ2v) is 6.83. The molecule has 116 valence electrons. The third kappa shape index (κ3) is 2.33. The van der Waals surface area contributed by atoms with E-state index in [1.807, 2.05) is 6.92 Å². The first-order valence-corrected chi connectivity index (χ1v) is 8.09. The summed E-state index contributed by atoms with van der Waals surface area (Å²) in [5.41, 5.74) is 2.11. The standard InChI is InChI=1S/C13H16N6O2S/c1-8-5-12(18(3)15-8)17-22(20,21)10-6-11-9(2)16-19(4)13(11)14-7-10/h5-7,17H,1-4H3. The number of hydrogen-bond donors (Lipinski definition) is 1. The minimum absolute atomic E-state index is 0.0925. The molecule has 1 N–H and O–H groups in total. The van der Waals surface area contributed by atoms with Crippen molar-refractivity contribution in [2.24, 2.45) is 14.1 Å². The van der Waals surface area contributed by atoms with Gasteiger partial charge in [-0.05, 0) is 19.9 Å². The maximum atomic E-state index is 12.5. The van der Waals surface area contributed by atoms with Crippen molar-refractivity contribution < 1.29 is 8.42 Å². The van der Waals surface area contributed by atoms with Crippen LogP contribution in [-0.4, -0.2) is 33.0 Å². The van der Waals surface area contributed by atoms with Gasteiger partial charge >= 0.3 is 0 Å². The Bertz CT molecular complexity index is 970. The molecule has 0 aliphatic carbocycles. The van der Waals surface area contributed by atoms with Crippen molar-refractivity contribution in [3.63, 3.8) is 0 Å². The highest BCUT2D eigenvalue weighted by Gasteiger charge is 2.19. The van der Waals surface area contributed by atoms with Crippen molar-refractivity contribution in [1.82, 2.24) is 24.5 Å². The molecule has 0 aliphatic heterocycles. The molecule has 3 aromatic heterocycles. The quantitative estimate of drug-likeness (QED) is 0.780. The van der Waals surface area contributed by atoms with E-state index in [9.17, 15) is 8.42 Å². The molecule has 0 fully saturated rings. The number of aromatic nitrogens is 5. The molecule has 0 unspecified atom stereocenters. The van der Waals surface area contributed by atoms with E-state index in [4.69, 9.17) is 0 Å². The first-order chi connectivity index (χ1) is 10.3. The van der Waals surface area contributed by atoms with E-state index >= 15 is 0 Å². The number of nitrogens with one attached hydrogen (secondary N) is 1. The Hall–Kier alpha value is -2.42. The average Bonchev–Trinajstić information content (AvgIpc) is 2.89. The van der Waals surface area contributed by atoms with E-state index in [1.54, 1.807) is 37.8 Å². The summed E-state index contributed by atoms with van der Waals surface area (Å²) < 4.78 is 30.6. The minimum atomic E-state index is -3.73. The van der Waals surface area contributed by atoms with Crippen LogP contribution in [-0.2, 0) is 24.1 Å². The monoisotopic (exact) mass is 320 g/mol. The van der Waals surface area contributed by atoms with Crippen LogP contribution < -0.4 is 4.72 Å². The van der Waals surface area contributed by atoms with E-state index in [-0.39, 0.29) is 4.90 Å². The third-order valence-corrected chi connectivity index (χ3v) is 4.71. The zero-order valence-corrected chi connectivity index (χ0v) is 13.5. The fraction of sp³-hybridized carbons (Fsp3) is 0.308. The summed E-state index contributed by atoms with van der Waals surface area (Å²) in [6, 6.07) is 3.25. The Labute approximate surface area is 127 Å². The molecule has 0 saturated heterocycles. The lowest BCUT2D eigenvalue weighted by Crippen LogP contribution is -2.15. The van der Waals surface area contributed by atoms with E-state index in [0.29, 0.717) is 16.9 Å². The first-order valence-electron chi connectivity index (χ1n) is 6.61. The van der Waals surface area contributed by atoms with Gasteiger partial charge < -0.3 is 0 Å². The van der Waals surface area contributed by atoms with Gasteiger partial charge in [0.2, 0.25) is 0 Å². The number of sulfonamides is 1. The van der Waals surface area contributed by atoms with Crippen LogP contribution in [0.5, 0.6) is 0 Å². The van der Waals surface area contributed by atoms with Crippen LogP contribution in [0.4, 0.5) is 5.82 Å². The summed E-state index contributed by atoms with van der Waals surface area (Å²) in [4.78, 5) is 4.29. The molecule has 8 nitrogen and oxygen atoms in total. The van der Waals surface area contributed by atoms with Crippen molar-refractivity contribution in [3.8, 4) is 0 Å². The molecule has 0 aromatic carbocycles. The molecular weight excluding hydrogens is 304 g/mol. The maximum absolute atomic E-state index is 12.5. The van der Waals surface area contributed by atoms with E-state index in [0.717, 1.165) is 11.4 Å². The lowest BCUT2D eigenvalue weighted by atomic mass is 10.3. The predicted octanol–water partition coefficient (Wildman–Crippen LogP) is 1.12. The second kappa shape index (κ2) is 4.80.